The van der Waals surface area contributed by atoms with Gasteiger partial charge in [-0.05, 0) is 54.6 Å². The average molecular weight is 364 g/mol. The summed E-state index contributed by atoms with van der Waals surface area (Å²) in [5.74, 6) is -0.947. The third-order valence-corrected chi connectivity index (χ3v) is 5.39. The van der Waals surface area contributed by atoms with Crippen molar-refractivity contribution >= 4 is 46.0 Å². The fourth-order valence-corrected chi connectivity index (χ4v) is 4.10. The van der Waals surface area contributed by atoms with Gasteiger partial charge in [-0.15, -0.1) is 0 Å². The molecule has 0 spiro atoms. The van der Waals surface area contributed by atoms with E-state index in [1.807, 2.05) is 37.3 Å². The van der Waals surface area contributed by atoms with Crippen LogP contribution in [0.2, 0.25) is 0 Å². The Morgan fingerprint density at radius 2 is 1.92 bits per heavy atom. The topological polar surface area (TPSA) is 69.6 Å². The number of nitrogens with zero attached hydrogens (tertiary/aromatic N) is 1. The van der Waals surface area contributed by atoms with E-state index in [1.54, 1.807) is 29.2 Å². The molecule has 1 aliphatic rings. The van der Waals surface area contributed by atoms with Gasteiger partial charge in [-0.3, -0.25) is 4.79 Å². The van der Waals surface area contributed by atoms with Crippen LogP contribution in [0.5, 0.6) is 0 Å². The van der Waals surface area contributed by atoms with Crippen LogP contribution in [0.3, 0.4) is 0 Å². The SMILES string of the molecule is CCN1C(=O)c2cccc3c(SNc4ccccc4C(=O)O)ccc1c23. The highest BCUT2D eigenvalue weighted by Gasteiger charge is 2.29. The lowest BCUT2D eigenvalue weighted by atomic mass is 10.1. The van der Waals surface area contributed by atoms with Crippen molar-refractivity contribution in [3.05, 3.63) is 65.7 Å². The Kier molecular flexibility index (Phi) is 4.05. The standard InChI is InChI=1S/C20H16N2O3S/c1-2-22-16-10-11-17(13-7-5-8-14(18(13)16)19(22)23)26-21-15-9-4-3-6-12(15)20(24)25/h3-11,21H,2H2,1H3,(H,24,25). The van der Waals surface area contributed by atoms with Gasteiger partial charge in [0.2, 0.25) is 0 Å². The van der Waals surface area contributed by atoms with Crippen molar-refractivity contribution in [3.8, 4) is 0 Å². The number of carboxylic acid groups (broad SMARTS) is 1. The summed E-state index contributed by atoms with van der Waals surface area (Å²) in [5.41, 5.74) is 2.41. The van der Waals surface area contributed by atoms with E-state index in [0.717, 1.165) is 21.4 Å². The van der Waals surface area contributed by atoms with E-state index in [4.69, 9.17) is 0 Å². The average Bonchev–Trinajstić information content (AvgIpc) is 2.94. The van der Waals surface area contributed by atoms with Crippen molar-refractivity contribution in [2.75, 3.05) is 16.2 Å². The lowest BCUT2D eigenvalue weighted by Gasteiger charge is -2.15. The first kappa shape index (κ1) is 16.5. The molecule has 0 bridgehead atoms. The predicted molar refractivity (Wildman–Crippen MR) is 104 cm³/mol. The number of hydrogen-bond donors (Lipinski definition) is 2. The molecular weight excluding hydrogens is 348 g/mol. The molecule has 0 radical (unpaired) electrons. The lowest BCUT2D eigenvalue weighted by Crippen LogP contribution is -2.25. The van der Waals surface area contributed by atoms with Crippen LogP contribution in [0.1, 0.15) is 27.6 Å². The summed E-state index contributed by atoms with van der Waals surface area (Å²) in [6.07, 6.45) is 0. The van der Waals surface area contributed by atoms with Gasteiger partial charge >= 0.3 is 5.97 Å². The van der Waals surface area contributed by atoms with Crippen LogP contribution >= 0.6 is 11.9 Å². The zero-order chi connectivity index (χ0) is 18.3. The summed E-state index contributed by atoms with van der Waals surface area (Å²) in [4.78, 5) is 26.6. The van der Waals surface area contributed by atoms with E-state index in [0.29, 0.717) is 17.8 Å². The number of benzene rings is 3. The molecule has 1 amide bonds. The van der Waals surface area contributed by atoms with Gasteiger partial charge in [-0.25, -0.2) is 4.79 Å². The summed E-state index contributed by atoms with van der Waals surface area (Å²) in [6.45, 7) is 2.59. The molecule has 3 aromatic carbocycles. The summed E-state index contributed by atoms with van der Waals surface area (Å²) in [7, 11) is 0. The minimum absolute atomic E-state index is 0.0273. The van der Waals surface area contributed by atoms with Crippen molar-refractivity contribution in [2.45, 2.75) is 11.8 Å². The maximum atomic E-state index is 12.6. The number of carbonyl (C=O) groups excluding carboxylic acids is 1. The first-order chi connectivity index (χ1) is 12.6. The van der Waals surface area contributed by atoms with E-state index in [1.165, 1.54) is 11.9 Å². The minimum atomic E-state index is -0.974. The van der Waals surface area contributed by atoms with Gasteiger partial charge < -0.3 is 14.7 Å². The van der Waals surface area contributed by atoms with Crippen LogP contribution in [0.15, 0.2) is 59.5 Å². The Labute approximate surface area is 154 Å². The predicted octanol–water partition coefficient (Wildman–Crippen LogP) is 4.64. The first-order valence-corrected chi connectivity index (χ1v) is 9.06. The van der Waals surface area contributed by atoms with Gasteiger partial charge in [0.15, 0.2) is 0 Å². The van der Waals surface area contributed by atoms with Crippen molar-refractivity contribution in [2.24, 2.45) is 0 Å². The summed E-state index contributed by atoms with van der Waals surface area (Å²) in [6, 6.07) is 16.4. The van der Waals surface area contributed by atoms with E-state index in [-0.39, 0.29) is 11.5 Å². The quantitative estimate of drug-likeness (QED) is 0.646. The van der Waals surface area contributed by atoms with Gasteiger partial charge in [0.1, 0.15) is 0 Å². The minimum Gasteiger partial charge on any atom is -0.478 e. The number of para-hydroxylation sites is 1. The second kappa shape index (κ2) is 6.38. The molecule has 0 saturated heterocycles. The highest BCUT2D eigenvalue weighted by Crippen LogP contribution is 2.41. The summed E-state index contributed by atoms with van der Waals surface area (Å²) < 4.78 is 3.14. The molecular formula is C20H16N2O3S. The zero-order valence-electron chi connectivity index (χ0n) is 14.0. The molecule has 5 nitrogen and oxygen atoms in total. The largest absolute Gasteiger partial charge is 0.478 e. The van der Waals surface area contributed by atoms with Crippen LogP contribution in [0.4, 0.5) is 11.4 Å². The van der Waals surface area contributed by atoms with Crippen LogP contribution in [-0.4, -0.2) is 23.5 Å². The Bertz CT molecular complexity index is 1050. The number of carbonyl (C=O) groups is 2. The van der Waals surface area contributed by atoms with Crippen LogP contribution < -0.4 is 9.62 Å². The highest BCUT2D eigenvalue weighted by molar-refractivity contribution is 8.00. The van der Waals surface area contributed by atoms with E-state index >= 15 is 0 Å². The number of amides is 1. The molecule has 0 saturated carbocycles. The van der Waals surface area contributed by atoms with Gasteiger partial charge in [-0.2, -0.15) is 0 Å². The molecule has 0 atom stereocenters. The Morgan fingerprint density at radius 3 is 2.69 bits per heavy atom. The molecule has 0 fully saturated rings. The van der Waals surface area contributed by atoms with Crippen molar-refractivity contribution < 1.29 is 14.7 Å². The Balaban J connectivity index is 1.73. The summed E-state index contributed by atoms with van der Waals surface area (Å²) >= 11 is 1.35. The van der Waals surface area contributed by atoms with Crippen molar-refractivity contribution in [3.63, 3.8) is 0 Å². The molecule has 0 unspecified atom stereocenters. The molecule has 0 aromatic heterocycles. The highest BCUT2D eigenvalue weighted by atomic mass is 32.2. The van der Waals surface area contributed by atoms with Crippen molar-refractivity contribution in [1.29, 1.82) is 0 Å². The lowest BCUT2D eigenvalue weighted by molar-refractivity contribution is 0.0698. The molecule has 1 aliphatic heterocycles. The van der Waals surface area contributed by atoms with Gasteiger partial charge in [0, 0.05) is 22.4 Å². The molecule has 2 N–H and O–H groups in total. The number of hydrogen-bond acceptors (Lipinski definition) is 4. The molecule has 26 heavy (non-hydrogen) atoms. The first-order valence-electron chi connectivity index (χ1n) is 8.24. The van der Waals surface area contributed by atoms with E-state index in [2.05, 4.69) is 4.72 Å². The van der Waals surface area contributed by atoms with Crippen LogP contribution in [0, 0.1) is 0 Å². The van der Waals surface area contributed by atoms with Gasteiger partial charge in [0.05, 0.1) is 16.9 Å². The second-order valence-corrected chi connectivity index (χ2v) is 6.76. The number of aromatic carboxylic acids is 1. The maximum Gasteiger partial charge on any atom is 0.337 e. The van der Waals surface area contributed by atoms with Gasteiger partial charge in [-0.1, -0.05) is 24.3 Å². The number of rotatable bonds is 5. The number of anilines is 2. The Morgan fingerprint density at radius 1 is 1.12 bits per heavy atom. The van der Waals surface area contributed by atoms with Gasteiger partial charge in [0.25, 0.3) is 5.91 Å². The monoisotopic (exact) mass is 364 g/mol. The molecule has 4 rings (SSSR count). The normalized spacial score (nSPS) is 12.7. The molecule has 6 heteroatoms. The summed E-state index contributed by atoms with van der Waals surface area (Å²) in [5, 5.41) is 11.2. The second-order valence-electron chi connectivity index (χ2n) is 5.92. The number of nitrogens with one attached hydrogen (secondary N) is 1. The fraction of sp³-hybridized carbons (Fsp3) is 0.100. The number of carboxylic acids is 1. The molecule has 130 valence electrons. The Hall–Kier alpha value is -2.99. The van der Waals surface area contributed by atoms with Crippen molar-refractivity contribution in [1.82, 2.24) is 0 Å². The van der Waals surface area contributed by atoms with Crippen LogP contribution in [0.25, 0.3) is 10.8 Å². The zero-order valence-corrected chi connectivity index (χ0v) is 14.8. The smallest absolute Gasteiger partial charge is 0.337 e. The van der Waals surface area contributed by atoms with Crippen LogP contribution in [-0.2, 0) is 0 Å². The van der Waals surface area contributed by atoms with E-state index in [9.17, 15) is 14.7 Å². The molecule has 1 heterocycles. The third-order valence-electron chi connectivity index (χ3n) is 4.49. The molecule has 0 aliphatic carbocycles. The fourth-order valence-electron chi connectivity index (χ4n) is 3.29. The molecule has 3 aromatic rings. The third kappa shape index (κ3) is 2.50. The van der Waals surface area contributed by atoms with E-state index < -0.39 is 5.97 Å². The maximum absolute atomic E-state index is 12.6.